The zero-order chi connectivity index (χ0) is 14.3. The van der Waals surface area contributed by atoms with Crippen molar-refractivity contribution in [3.8, 4) is 5.75 Å². The van der Waals surface area contributed by atoms with E-state index in [0.717, 1.165) is 0 Å². The molecule has 1 atom stereocenters. The second kappa shape index (κ2) is 8.02. The van der Waals surface area contributed by atoms with Crippen LogP contribution in [-0.4, -0.2) is 30.3 Å². The van der Waals surface area contributed by atoms with Crippen molar-refractivity contribution in [2.75, 3.05) is 13.2 Å². The highest BCUT2D eigenvalue weighted by molar-refractivity contribution is 6.30. The van der Waals surface area contributed by atoms with Gasteiger partial charge in [0, 0.05) is 5.02 Å². The van der Waals surface area contributed by atoms with E-state index in [1.54, 1.807) is 24.3 Å². The fraction of sp³-hybridized carbons (Fsp3) is 0.500. The van der Waals surface area contributed by atoms with E-state index in [1.807, 2.05) is 13.8 Å². The summed E-state index contributed by atoms with van der Waals surface area (Å²) in [5.74, 6) is 0.577. The van der Waals surface area contributed by atoms with Gasteiger partial charge in [-0.15, -0.1) is 0 Å². The fourth-order valence-electron chi connectivity index (χ4n) is 1.41. The summed E-state index contributed by atoms with van der Waals surface area (Å²) in [4.78, 5) is 11.5. The normalized spacial score (nSPS) is 12.3. The van der Waals surface area contributed by atoms with E-state index in [9.17, 15) is 9.90 Å². The molecule has 5 heteroatoms. The van der Waals surface area contributed by atoms with Gasteiger partial charge >= 0.3 is 0 Å². The average Bonchev–Trinajstić information content (AvgIpc) is 2.34. The first-order chi connectivity index (χ1) is 8.99. The number of carbonyl (C=O) groups is 1. The maximum atomic E-state index is 11.5. The Morgan fingerprint density at radius 2 is 2.21 bits per heavy atom. The van der Waals surface area contributed by atoms with Gasteiger partial charge in [0.2, 0.25) is 5.91 Å². The van der Waals surface area contributed by atoms with Crippen LogP contribution in [0.1, 0.15) is 20.3 Å². The lowest BCUT2D eigenvalue weighted by Crippen LogP contribution is -2.32. The Morgan fingerprint density at radius 1 is 1.47 bits per heavy atom. The third kappa shape index (κ3) is 6.45. The van der Waals surface area contributed by atoms with Crippen molar-refractivity contribution < 1.29 is 14.6 Å². The maximum Gasteiger partial charge on any atom is 0.222 e. The van der Waals surface area contributed by atoms with Gasteiger partial charge in [0.25, 0.3) is 0 Å². The molecule has 0 radical (unpaired) electrons. The molecular formula is C14H20ClNO3. The van der Waals surface area contributed by atoms with E-state index in [2.05, 4.69) is 5.32 Å². The molecule has 0 fully saturated rings. The molecule has 0 bridgehead atoms. The Hall–Kier alpha value is -1.26. The van der Waals surface area contributed by atoms with E-state index >= 15 is 0 Å². The Balaban J connectivity index is 2.19. The summed E-state index contributed by atoms with van der Waals surface area (Å²) in [7, 11) is 0. The average molecular weight is 286 g/mol. The van der Waals surface area contributed by atoms with Gasteiger partial charge in [-0.1, -0.05) is 31.5 Å². The minimum atomic E-state index is -0.603. The first-order valence-corrected chi connectivity index (χ1v) is 6.70. The van der Waals surface area contributed by atoms with Crippen molar-refractivity contribution in [1.82, 2.24) is 5.32 Å². The second-order valence-electron chi connectivity index (χ2n) is 4.67. The number of nitrogens with one attached hydrogen (secondary N) is 1. The molecule has 0 saturated carbocycles. The predicted octanol–water partition coefficient (Wildman–Crippen LogP) is 2.24. The molecule has 1 aromatic rings. The van der Waals surface area contributed by atoms with E-state index in [0.29, 0.717) is 23.9 Å². The predicted molar refractivity (Wildman–Crippen MR) is 75.4 cm³/mol. The molecule has 0 heterocycles. The number of hydrogen-bond donors (Lipinski definition) is 2. The van der Waals surface area contributed by atoms with Gasteiger partial charge in [-0.3, -0.25) is 4.79 Å². The van der Waals surface area contributed by atoms with Crippen LogP contribution in [0.25, 0.3) is 0 Å². The summed E-state index contributed by atoms with van der Waals surface area (Å²) in [6, 6.07) is 7.08. The molecule has 0 saturated heterocycles. The summed E-state index contributed by atoms with van der Waals surface area (Å²) in [5.41, 5.74) is 0. The minimum Gasteiger partial charge on any atom is -0.492 e. The highest BCUT2D eigenvalue weighted by Gasteiger charge is 2.13. The lowest BCUT2D eigenvalue weighted by atomic mass is 10.0. The van der Waals surface area contributed by atoms with Gasteiger partial charge in [-0.25, -0.2) is 0 Å². The number of aliphatic hydroxyl groups excluding tert-OH is 1. The Bertz CT molecular complexity index is 409. The maximum absolute atomic E-state index is 11.5. The van der Waals surface area contributed by atoms with Gasteiger partial charge in [0.05, 0.1) is 19.1 Å². The van der Waals surface area contributed by atoms with Crippen molar-refractivity contribution in [3.63, 3.8) is 0 Å². The standard InChI is InChI=1S/C14H20ClNO3/c1-10(2)13(17)9-14(18)16-6-7-19-12-5-3-4-11(15)8-12/h3-5,8,10,13,17H,6-7,9H2,1-2H3,(H,16,18). The van der Waals surface area contributed by atoms with Crippen LogP contribution in [0.5, 0.6) is 5.75 Å². The summed E-state index contributed by atoms with van der Waals surface area (Å²) >= 11 is 5.82. The monoisotopic (exact) mass is 285 g/mol. The molecular weight excluding hydrogens is 266 g/mol. The Morgan fingerprint density at radius 3 is 2.84 bits per heavy atom. The van der Waals surface area contributed by atoms with Crippen molar-refractivity contribution in [3.05, 3.63) is 29.3 Å². The molecule has 2 N–H and O–H groups in total. The van der Waals surface area contributed by atoms with Crippen LogP contribution in [0.3, 0.4) is 0 Å². The van der Waals surface area contributed by atoms with Crippen LogP contribution >= 0.6 is 11.6 Å². The van der Waals surface area contributed by atoms with Crippen LogP contribution in [0.2, 0.25) is 5.02 Å². The first-order valence-electron chi connectivity index (χ1n) is 6.32. The van der Waals surface area contributed by atoms with Crippen LogP contribution in [0, 0.1) is 5.92 Å². The highest BCUT2D eigenvalue weighted by Crippen LogP contribution is 2.16. The summed E-state index contributed by atoms with van der Waals surface area (Å²) < 4.78 is 5.43. The SMILES string of the molecule is CC(C)C(O)CC(=O)NCCOc1cccc(Cl)c1. The molecule has 1 unspecified atom stereocenters. The van der Waals surface area contributed by atoms with Gasteiger partial charge < -0.3 is 15.2 Å². The lowest BCUT2D eigenvalue weighted by Gasteiger charge is -2.14. The lowest BCUT2D eigenvalue weighted by molar-refractivity contribution is -0.123. The third-order valence-corrected chi connectivity index (χ3v) is 2.89. The molecule has 1 rings (SSSR count). The van der Waals surface area contributed by atoms with Crippen molar-refractivity contribution in [1.29, 1.82) is 0 Å². The largest absolute Gasteiger partial charge is 0.492 e. The molecule has 4 nitrogen and oxygen atoms in total. The van der Waals surface area contributed by atoms with Crippen molar-refractivity contribution >= 4 is 17.5 Å². The fourth-order valence-corrected chi connectivity index (χ4v) is 1.59. The van der Waals surface area contributed by atoms with E-state index in [4.69, 9.17) is 16.3 Å². The highest BCUT2D eigenvalue weighted by atomic mass is 35.5. The zero-order valence-electron chi connectivity index (χ0n) is 11.2. The van der Waals surface area contributed by atoms with Gasteiger partial charge in [0.1, 0.15) is 12.4 Å². The van der Waals surface area contributed by atoms with Crippen molar-refractivity contribution in [2.45, 2.75) is 26.4 Å². The Labute approximate surface area is 118 Å². The number of amides is 1. The number of benzene rings is 1. The van der Waals surface area contributed by atoms with Gasteiger partial charge in [0.15, 0.2) is 0 Å². The number of ether oxygens (including phenoxy) is 1. The van der Waals surface area contributed by atoms with E-state index in [-0.39, 0.29) is 18.2 Å². The van der Waals surface area contributed by atoms with Crippen LogP contribution in [0.4, 0.5) is 0 Å². The molecule has 0 spiro atoms. The summed E-state index contributed by atoms with van der Waals surface area (Å²) in [5, 5.41) is 12.9. The molecule has 0 aliphatic carbocycles. The van der Waals surface area contributed by atoms with E-state index in [1.165, 1.54) is 0 Å². The molecule has 1 aromatic carbocycles. The number of carbonyl (C=O) groups excluding carboxylic acids is 1. The topological polar surface area (TPSA) is 58.6 Å². The molecule has 0 aromatic heterocycles. The van der Waals surface area contributed by atoms with Gasteiger partial charge in [-0.05, 0) is 24.1 Å². The van der Waals surface area contributed by atoms with Crippen LogP contribution in [0.15, 0.2) is 24.3 Å². The quantitative estimate of drug-likeness (QED) is 0.756. The first kappa shape index (κ1) is 15.8. The molecule has 19 heavy (non-hydrogen) atoms. The number of hydrogen-bond acceptors (Lipinski definition) is 3. The Kier molecular flexibility index (Phi) is 6.67. The second-order valence-corrected chi connectivity index (χ2v) is 5.11. The third-order valence-electron chi connectivity index (χ3n) is 2.65. The van der Waals surface area contributed by atoms with Gasteiger partial charge in [-0.2, -0.15) is 0 Å². The summed E-state index contributed by atoms with van der Waals surface area (Å²) in [6.45, 7) is 4.51. The van der Waals surface area contributed by atoms with Crippen LogP contribution in [-0.2, 0) is 4.79 Å². The molecule has 106 valence electrons. The molecule has 0 aliphatic heterocycles. The molecule has 1 amide bonds. The van der Waals surface area contributed by atoms with Crippen LogP contribution < -0.4 is 10.1 Å². The van der Waals surface area contributed by atoms with Crippen molar-refractivity contribution in [2.24, 2.45) is 5.92 Å². The minimum absolute atomic E-state index is 0.0773. The number of rotatable bonds is 7. The number of halogens is 1. The zero-order valence-corrected chi connectivity index (χ0v) is 12.0. The van der Waals surface area contributed by atoms with E-state index < -0.39 is 6.10 Å². The smallest absolute Gasteiger partial charge is 0.222 e. The molecule has 0 aliphatic rings. The summed E-state index contributed by atoms with van der Waals surface area (Å²) in [6.07, 6.45) is -0.483. The number of aliphatic hydroxyl groups is 1.